The first-order valence-corrected chi connectivity index (χ1v) is 10.2. The average Bonchev–Trinajstić information content (AvgIpc) is 3.25. The van der Waals surface area contributed by atoms with Gasteiger partial charge in [0.1, 0.15) is 12.4 Å². The number of carbonyl (C=O) groups is 1. The molecule has 2 aromatic carbocycles. The first-order valence-electron chi connectivity index (χ1n) is 10.2. The third-order valence-corrected chi connectivity index (χ3v) is 5.49. The molecule has 7 nitrogen and oxygen atoms in total. The van der Waals surface area contributed by atoms with E-state index in [-0.39, 0.29) is 12.7 Å². The van der Waals surface area contributed by atoms with E-state index in [1.807, 2.05) is 65.5 Å². The molecule has 0 fully saturated rings. The van der Waals surface area contributed by atoms with Gasteiger partial charge in [-0.15, -0.1) is 0 Å². The Bertz CT molecular complexity index is 1240. The maximum absolute atomic E-state index is 12.6. The molecule has 2 aromatic heterocycles. The molecular weight excluding hydrogens is 392 g/mol. The highest BCUT2D eigenvalue weighted by molar-refractivity contribution is 5.88. The SMILES string of the molecule is COc1ccc2nccc(-n3cc4c(n3)CCN(C(=O)OCc3ccccc3)C4)c2c1. The Kier molecular flexibility index (Phi) is 5.00. The fourth-order valence-corrected chi connectivity index (χ4v) is 3.84. The van der Waals surface area contributed by atoms with Crippen LogP contribution in [0.15, 0.2) is 67.0 Å². The molecule has 4 aromatic rings. The second kappa shape index (κ2) is 8.10. The van der Waals surface area contributed by atoms with Gasteiger partial charge < -0.3 is 14.4 Å². The van der Waals surface area contributed by atoms with Crippen LogP contribution in [0.3, 0.4) is 0 Å². The molecule has 7 heteroatoms. The first-order chi connectivity index (χ1) is 15.2. The van der Waals surface area contributed by atoms with Crippen LogP contribution in [-0.4, -0.2) is 39.4 Å². The van der Waals surface area contributed by atoms with Crippen LogP contribution in [0.25, 0.3) is 16.6 Å². The van der Waals surface area contributed by atoms with E-state index in [1.54, 1.807) is 18.2 Å². The van der Waals surface area contributed by atoms with Gasteiger partial charge in [0.2, 0.25) is 0 Å². The van der Waals surface area contributed by atoms with Gasteiger partial charge in [-0.1, -0.05) is 30.3 Å². The minimum atomic E-state index is -0.304. The number of aromatic nitrogens is 3. The number of fused-ring (bicyclic) bond motifs is 2. The molecule has 3 heterocycles. The second-order valence-corrected chi connectivity index (χ2v) is 7.47. The molecule has 0 aliphatic carbocycles. The van der Waals surface area contributed by atoms with Crippen molar-refractivity contribution in [2.75, 3.05) is 13.7 Å². The van der Waals surface area contributed by atoms with E-state index in [9.17, 15) is 4.79 Å². The Balaban J connectivity index is 1.36. The molecule has 1 aliphatic rings. The third kappa shape index (κ3) is 3.82. The van der Waals surface area contributed by atoms with Gasteiger partial charge in [-0.2, -0.15) is 5.10 Å². The Morgan fingerprint density at radius 3 is 2.84 bits per heavy atom. The standard InChI is InChI=1S/C24H22N4O3/c1-30-19-7-8-22-20(13-19)23(9-11-25-22)28-15-18-14-27(12-10-21(18)26-28)24(29)31-16-17-5-3-2-4-6-17/h2-9,11,13,15H,10,12,14,16H2,1H3. The molecule has 0 saturated carbocycles. The summed E-state index contributed by atoms with van der Waals surface area (Å²) in [5, 5.41) is 5.74. The number of rotatable bonds is 4. The minimum Gasteiger partial charge on any atom is -0.497 e. The predicted molar refractivity (Wildman–Crippen MR) is 116 cm³/mol. The van der Waals surface area contributed by atoms with Crippen molar-refractivity contribution in [1.82, 2.24) is 19.7 Å². The van der Waals surface area contributed by atoms with Crippen LogP contribution in [0.1, 0.15) is 16.8 Å². The monoisotopic (exact) mass is 414 g/mol. The van der Waals surface area contributed by atoms with Crippen LogP contribution >= 0.6 is 0 Å². The van der Waals surface area contributed by atoms with Crippen LogP contribution in [-0.2, 0) is 24.3 Å². The zero-order valence-electron chi connectivity index (χ0n) is 17.2. The molecule has 1 amide bonds. The Labute approximate surface area is 179 Å². The summed E-state index contributed by atoms with van der Waals surface area (Å²) in [6.45, 7) is 1.34. The summed E-state index contributed by atoms with van der Waals surface area (Å²) in [6.07, 6.45) is 4.15. The molecule has 156 valence electrons. The van der Waals surface area contributed by atoms with Crippen LogP contribution in [0.5, 0.6) is 5.75 Å². The van der Waals surface area contributed by atoms with Gasteiger partial charge in [0, 0.05) is 36.3 Å². The number of ether oxygens (including phenoxy) is 2. The number of hydrogen-bond acceptors (Lipinski definition) is 5. The van der Waals surface area contributed by atoms with Crippen molar-refractivity contribution in [3.8, 4) is 11.4 Å². The number of benzene rings is 2. The first kappa shape index (κ1) is 19.1. The largest absolute Gasteiger partial charge is 0.497 e. The van der Waals surface area contributed by atoms with Crippen molar-refractivity contribution in [3.05, 3.63) is 83.8 Å². The van der Waals surface area contributed by atoms with Gasteiger partial charge >= 0.3 is 6.09 Å². The maximum atomic E-state index is 12.6. The second-order valence-electron chi connectivity index (χ2n) is 7.47. The summed E-state index contributed by atoms with van der Waals surface area (Å²) in [4.78, 5) is 18.7. The molecule has 0 bridgehead atoms. The molecule has 1 aliphatic heterocycles. The smallest absolute Gasteiger partial charge is 0.410 e. The fraction of sp³-hybridized carbons (Fsp3) is 0.208. The van der Waals surface area contributed by atoms with Gasteiger partial charge in [0.25, 0.3) is 0 Å². The summed E-state index contributed by atoms with van der Waals surface area (Å²) in [6, 6.07) is 17.4. The summed E-state index contributed by atoms with van der Waals surface area (Å²) in [5.74, 6) is 0.769. The zero-order valence-corrected chi connectivity index (χ0v) is 17.2. The lowest BCUT2D eigenvalue weighted by Crippen LogP contribution is -2.36. The van der Waals surface area contributed by atoms with Crippen LogP contribution < -0.4 is 4.74 Å². The lowest BCUT2D eigenvalue weighted by atomic mass is 10.1. The highest BCUT2D eigenvalue weighted by atomic mass is 16.6. The van der Waals surface area contributed by atoms with Crippen LogP contribution in [0.4, 0.5) is 4.79 Å². The van der Waals surface area contributed by atoms with Crippen molar-refractivity contribution in [3.63, 3.8) is 0 Å². The van der Waals surface area contributed by atoms with Crippen LogP contribution in [0, 0.1) is 0 Å². The summed E-state index contributed by atoms with van der Waals surface area (Å²) < 4.78 is 12.7. The number of pyridine rings is 1. The van der Waals surface area contributed by atoms with Gasteiger partial charge in [-0.05, 0) is 29.8 Å². The highest BCUT2D eigenvalue weighted by Crippen LogP contribution is 2.27. The minimum absolute atomic E-state index is 0.271. The van der Waals surface area contributed by atoms with Crippen molar-refractivity contribution in [2.45, 2.75) is 19.6 Å². The van der Waals surface area contributed by atoms with E-state index in [0.29, 0.717) is 19.5 Å². The van der Waals surface area contributed by atoms with E-state index in [4.69, 9.17) is 14.6 Å². The molecule has 5 rings (SSSR count). The predicted octanol–water partition coefficient (Wildman–Crippen LogP) is 4.12. The molecule has 0 spiro atoms. The van der Waals surface area contributed by atoms with E-state index in [0.717, 1.165) is 39.2 Å². The molecule has 0 N–H and O–H groups in total. The van der Waals surface area contributed by atoms with Crippen LogP contribution in [0.2, 0.25) is 0 Å². The van der Waals surface area contributed by atoms with Gasteiger partial charge in [-0.25, -0.2) is 9.48 Å². The Hall–Kier alpha value is -3.87. The van der Waals surface area contributed by atoms with E-state index in [1.165, 1.54) is 0 Å². The van der Waals surface area contributed by atoms with Crippen molar-refractivity contribution < 1.29 is 14.3 Å². The van der Waals surface area contributed by atoms with Crippen molar-refractivity contribution >= 4 is 17.0 Å². The highest BCUT2D eigenvalue weighted by Gasteiger charge is 2.25. The Morgan fingerprint density at radius 1 is 1.13 bits per heavy atom. The number of carbonyl (C=O) groups excluding carboxylic acids is 1. The molecule has 0 atom stereocenters. The van der Waals surface area contributed by atoms with E-state index < -0.39 is 0 Å². The van der Waals surface area contributed by atoms with E-state index >= 15 is 0 Å². The van der Waals surface area contributed by atoms with Gasteiger partial charge in [0.15, 0.2) is 0 Å². The summed E-state index contributed by atoms with van der Waals surface area (Å²) in [7, 11) is 1.65. The lowest BCUT2D eigenvalue weighted by molar-refractivity contribution is 0.0918. The number of amides is 1. The molecule has 31 heavy (non-hydrogen) atoms. The number of methoxy groups -OCH3 is 1. The molecular formula is C24H22N4O3. The summed E-state index contributed by atoms with van der Waals surface area (Å²) >= 11 is 0. The number of nitrogens with zero attached hydrogens (tertiary/aromatic N) is 4. The molecule has 0 unspecified atom stereocenters. The average molecular weight is 414 g/mol. The third-order valence-electron chi connectivity index (χ3n) is 5.49. The van der Waals surface area contributed by atoms with Crippen molar-refractivity contribution in [2.24, 2.45) is 0 Å². The maximum Gasteiger partial charge on any atom is 0.410 e. The normalized spacial score (nSPS) is 13.1. The van der Waals surface area contributed by atoms with Gasteiger partial charge in [0.05, 0.1) is 30.6 Å². The van der Waals surface area contributed by atoms with E-state index in [2.05, 4.69) is 4.98 Å². The fourth-order valence-electron chi connectivity index (χ4n) is 3.84. The van der Waals surface area contributed by atoms with Gasteiger partial charge in [-0.3, -0.25) is 4.98 Å². The molecule has 0 saturated heterocycles. The quantitative estimate of drug-likeness (QED) is 0.502. The molecule has 0 radical (unpaired) electrons. The topological polar surface area (TPSA) is 69.5 Å². The lowest BCUT2D eigenvalue weighted by Gasteiger charge is -2.25. The zero-order chi connectivity index (χ0) is 21.2. The Morgan fingerprint density at radius 2 is 2.00 bits per heavy atom. The number of hydrogen-bond donors (Lipinski definition) is 0. The van der Waals surface area contributed by atoms with Crippen molar-refractivity contribution in [1.29, 1.82) is 0 Å². The summed E-state index contributed by atoms with van der Waals surface area (Å²) in [5.41, 5.74) is 4.80.